The molecule has 2 N–H and O–H groups in total. The molecule has 0 radical (unpaired) electrons. The van der Waals surface area contributed by atoms with Crippen molar-refractivity contribution < 1.29 is 4.79 Å². The van der Waals surface area contributed by atoms with E-state index in [-0.39, 0.29) is 5.91 Å². The van der Waals surface area contributed by atoms with Crippen LogP contribution in [0, 0.1) is 13.8 Å². The molecule has 3 aromatic rings. The number of aromatic nitrogens is 1. The van der Waals surface area contributed by atoms with Crippen molar-refractivity contribution in [1.82, 2.24) is 10.3 Å². The van der Waals surface area contributed by atoms with Crippen molar-refractivity contribution in [1.29, 1.82) is 0 Å². The highest BCUT2D eigenvalue weighted by Crippen LogP contribution is 2.13. The summed E-state index contributed by atoms with van der Waals surface area (Å²) < 4.78 is 0. The molecule has 132 valence electrons. The zero-order valence-electron chi connectivity index (χ0n) is 15.1. The third-order valence-electron chi connectivity index (χ3n) is 4.45. The van der Waals surface area contributed by atoms with Crippen molar-refractivity contribution in [3.63, 3.8) is 0 Å². The predicted molar refractivity (Wildman–Crippen MR) is 105 cm³/mol. The van der Waals surface area contributed by atoms with Gasteiger partial charge in [-0.15, -0.1) is 0 Å². The van der Waals surface area contributed by atoms with Gasteiger partial charge in [-0.1, -0.05) is 48.5 Å². The van der Waals surface area contributed by atoms with E-state index in [0.29, 0.717) is 18.7 Å². The highest BCUT2D eigenvalue weighted by molar-refractivity contribution is 5.94. The summed E-state index contributed by atoms with van der Waals surface area (Å²) in [7, 11) is 0. The van der Waals surface area contributed by atoms with Crippen LogP contribution < -0.4 is 10.6 Å². The summed E-state index contributed by atoms with van der Waals surface area (Å²) in [6.45, 7) is 5.33. The second-order valence-corrected chi connectivity index (χ2v) is 6.35. The van der Waals surface area contributed by atoms with E-state index < -0.39 is 0 Å². The van der Waals surface area contributed by atoms with Gasteiger partial charge in [0.2, 0.25) is 0 Å². The van der Waals surface area contributed by atoms with Crippen LogP contribution in [-0.2, 0) is 13.1 Å². The molecule has 3 rings (SSSR count). The van der Waals surface area contributed by atoms with Crippen molar-refractivity contribution >= 4 is 11.6 Å². The molecule has 4 heteroatoms. The van der Waals surface area contributed by atoms with Crippen LogP contribution in [0.2, 0.25) is 0 Å². The number of rotatable bonds is 6. The number of nitrogens with one attached hydrogen (secondary N) is 2. The van der Waals surface area contributed by atoms with E-state index in [4.69, 9.17) is 0 Å². The number of anilines is 1. The van der Waals surface area contributed by atoms with Gasteiger partial charge in [-0.2, -0.15) is 0 Å². The Morgan fingerprint density at radius 3 is 2.15 bits per heavy atom. The zero-order valence-corrected chi connectivity index (χ0v) is 15.1. The fraction of sp³-hybridized carbons (Fsp3) is 0.182. The molecule has 4 nitrogen and oxygen atoms in total. The molecular weight excluding hydrogens is 322 g/mol. The molecule has 0 fully saturated rings. The van der Waals surface area contributed by atoms with E-state index in [1.54, 1.807) is 12.4 Å². The molecular formula is C22H23N3O. The van der Waals surface area contributed by atoms with Crippen LogP contribution in [-0.4, -0.2) is 10.9 Å². The van der Waals surface area contributed by atoms with Gasteiger partial charge in [0.25, 0.3) is 5.91 Å². The smallest absolute Gasteiger partial charge is 0.253 e. The Bertz CT molecular complexity index is 905. The average molecular weight is 345 g/mol. The minimum atomic E-state index is -0.125. The van der Waals surface area contributed by atoms with Gasteiger partial charge in [-0.25, -0.2) is 0 Å². The first-order valence-electron chi connectivity index (χ1n) is 8.69. The normalized spacial score (nSPS) is 10.4. The van der Waals surface area contributed by atoms with Crippen LogP contribution in [0.5, 0.6) is 0 Å². The summed E-state index contributed by atoms with van der Waals surface area (Å²) in [5.74, 6) is -0.125. The Labute approximate surface area is 154 Å². The van der Waals surface area contributed by atoms with Crippen molar-refractivity contribution in [2.45, 2.75) is 26.9 Å². The lowest BCUT2D eigenvalue weighted by Crippen LogP contribution is -2.23. The van der Waals surface area contributed by atoms with E-state index in [1.807, 2.05) is 49.4 Å². The number of pyridine rings is 1. The Hall–Kier alpha value is -3.14. The van der Waals surface area contributed by atoms with Crippen LogP contribution in [0.3, 0.4) is 0 Å². The topological polar surface area (TPSA) is 54.0 Å². The lowest BCUT2D eigenvalue weighted by atomic mass is 10.1. The van der Waals surface area contributed by atoms with Gasteiger partial charge < -0.3 is 10.6 Å². The lowest BCUT2D eigenvalue weighted by molar-refractivity contribution is 0.0950. The molecule has 0 unspecified atom stereocenters. The maximum Gasteiger partial charge on any atom is 0.253 e. The number of carbonyl (C=O) groups excluding carboxylic acids is 1. The van der Waals surface area contributed by atoms with Gasteiger partial charge in [0.05, 0.1) is 11.3 Å². The van der Waals surface area contributed by atoms with Crippen LogP contribution in [0.15, 0.2) is 67.0 Å². The third-order valence-corrected chi connectivity index (χ3v) is 4.45. The van der Waals surface area contributed by atoms with Crippen molar-refractivity contribution in [2.75, 3.05) is 5.32 Å². The van der Waals surface area contributed by atoms with E-state index in [2.05, 4.69) is 34.7 Å². The molecule has 1 aromatic heterocycles. The summed E-state index contributed by atoms with van der Waals surface area (Å²) in [5.41, 5.74) is 6.12. The van der Waals surface area contributed by atoms with Gasteiger partial charge >= 0.3 is 0 Å². The highest BCUT2D eigenvalue weighted by Gasteiger charge is 2.08. The molecule has 0 aliphatic carbocycles. The first-order chi connectivity index (χ1) is 12.6. The number of aryl methyl sites for hydroxylation is 2. The van der Waals surface area contributed by atoms with E-state index in [9.17, 15) is 4.79 Å². The number of nitrogens with zero attached hydrogens (tertiary/aromatic N) is 1. The summed E-state index contributed by atoms with van der Waals surface area (Å²) in [4.78, 5) is 16.6. The molecule has 1 heterocycles. The predicted octanol–water partition coefficient (Wildman–Crippen LogP) is 4.24. The SMILES string of the molecule is Cc1ccccc1CNC(=O)c1cncc(NCc2ccccc2C)c1. The van der Waals surface area contributed by atoms with Gasteiger partial charge in [0.15, 0.2) is 0 Å². The maximum absolute atomic E-state index is 12.4. The van der Waals surface area contributed by atoms with Crippen LogP contribution in [0.4, 0.5) is 5.69 Å². The highest BCUT2D eigenvalue weighted by atomic mass is 16.1. The van der Waals surface area contributed by atoms with Crippen LogP contribution >= 0.6 is 0 Å². The van der Waals surface area contributed by atoms with Gasteiger partial charge in [0.1, 0.15) is 0 Å². The summed E-state index contributed by atoms with van der Waals surface area (Å²) in [5, 5.41) is 6.30. The van der Waals surface area contributed by atoms with E-state index in [0.717, 1.165) is 11.3 Å². The van der Waals surface area contributed by atoms with Crippen molar-refractivity contribution in [2.24, 2.45) is 0 Å². The fourth-order valence-electron chi connectivity index (χ4n) is 2.75. The number of hydrogen-bond acceptors (Lipinski definition) is 3. The monoisotopic (exact) mass is 345 g/mol. The molecule has 2 aromatic carbocycles. The van der Waals surface area contributed by atoms with Crippen molar-refractivity contribution in [3.05, 3.63) is 94.8 Å². The Kier molecular flexibility index (Phi) is 5.64. The largest absolute Gasteiger partial charge is 0.380 e. The zero-order chi connectivity index (χ0) is 18.4. The molecule has 1 amide bonds. The lowest BCUT2D eigenvalue weighted by Gasteiger charge is -2.11. The van der Waals surface area contributed by atoms with E-state index in [1.165, 1.54) is 16.7 Å². The summed E-state index contributed by atoms with van der Waals surface area (Å²) in [6.07, 6.45) is 3.32. The third kappa shape index (κ3) is 4.48. The average Bonchev–Trinajstić information content (AvgIpc) is 2.67. The fourth-order valence-corrected chi connectivity index (χ4v) is 2.75. The van der Waals surface area contributed by atoms with Gasteiger partial charge in [-0.3, -0.25) is 9.78 Å². The quantitative estimate of drug-likeness (QED) is 0.702. The molecule has 0 spiro atoms. The van der Waals surface area contributed by atoms with Crippen LogP contribution in [0.1, 0.15) is 32.6 Å². The Morgan fingerprint density at radius 2 is 1.50 bits per heavy atom. The van der Waals surface area contributed by atoms with Gasteiger partial charge in [-0.05, 0) is 42.2 Å². The molecule has 0 aliphatic rings. The Balaban J connectivity index is 1.62. The summed E-state index contributed by atoms with van der Waals surface area (Å²) in [6, 6.07) is 18.1. The first-order valence-corrected chi connectivity index (χ1v) is 8.69. The molecule has 0 saturated carbocycles. The van der Waals surface area contributed by atoms with E-state index >= 15 is 0 Å². The number of hydrogen-bond donors (Lipinski definition) is 2. The minimum absolute atomic E-state index is 0.125. The molecule has 26 heavy (non-hydrogen) atoms. The summed E-state index contributed by atoms with van der Waals surface area (Å²) >= 11 is 0. The molecule has 0 saturated heterocycles. The second kappa shape index (κ2) is 8.30. The number of amides is 1. The number of carbonyl (C=O) groups is 1. The van der Waals surface area contributed by atoms with Gasteiger partial charge in [0, 0.05) is 25.5 Å². The van der Waals surface area contributed by atoms with Crippen molar-refractivity contribution in [3.8, 4) is 0 Å². The standard InChI is InChI=1S/C22H23N3O/c1-16-7-3-5-9-18(16)13-24-21-11-20(12-23-15-21)22(26)25-14-19-10-6-4-8-17(19)2/h3-12,15,24H,13-14H2,1-2H3,(H,25,26). The maximum atomic E-state index is 12.4. The first kappa shape index (κ1) is 17.7. The number of benzene rings is 2. The molecule has 0 aliphatic heterocycles. The van der Waals surface area contributed by atoms with Crippen LogP contribution in [0.25, 0.3) is 0 Å². The molecule has 0 atom stereocenters. The second-order valence-electron chi connectivity index (χ2n) is 6.35. The Morgan fingerprint density at radius 1 is 0.885 bits per heavy atom. The minimum Gasteiger partial charge on any atom is -0.380 e. The molecule has 0 bridgehead atoms.